The van der Waals surface area contributed by atoms with Gasteiger partial charge in [0.05, 0.1) is 0 Å². The minimum absolute atomic E-state index is 0.0422. The maximum atomic E-state index is 13.0. The molecule has 0 fully saturated rings. The van der Waals surface area contributed by atoms with Crippen LogP contribution in [0.25, 0.3) is 0 Å². The number of nitrogens with one attached hydrogen (secondary N) is 2. The molecule has 194 valence electrons. The molecule has 0 saturated heterocycles. The number of hydrogen-bond donors (Lipinski definition) is 4. The first kappa shape index (κ1) is 28.4. The molecular formula is C27H27IN2O6S. The largest absolute Gasteiger partial charge is 0.508 e. The summed E-state index contributed by atoms with van der Waals surface area (Å²) in [4.78, 5) is 25.4. The first-order valence-electron chi connectivity index (χ1n) is 11.3. The molecule has 0 bridgehead atoms. The summed E-state index contributed by atoms with van der Waals surface area (Å²) in [5.74, 6) is -0.147. The number of amides is 2. The van der Waals surface area contributed by atoms with Crippen LogP contribution in [0.4, 0.5) is 10.5 Å². The van der Waals surface area contributed by atoms with Crippen molar-refractivity contribution in [2.24, 2.45) is 0 Å². The number of carbonyl (C=O) groups is 2. The summed E-state index contributed by atoms with van der Waals surface area (Å²) in [5.41, 5.74) is 2.49. The molecule has 8 nitrogen and oxygen atoms in total. The molecule has 0 saturated carbocycles. The zero-order valence-electron chi connectivity index (χ0n) is 20.0. The second kappa shape index (κ2) is 14.5. The lowest BCUT2D eigenvalue weighted by Gasteiger charge is -2.28. The lowest BCUT2D eigenvalue weighted by atomic mass is 9.99. The van der Waals surface area contributed by atoms with Crippen LogP contribution >= 0.6 is 34.4 Å². The number of anilines is 1. The fourth-order valence-electron chi connectivity index (χ4n) is 3.46. The predicted octanol–water partition coefficient (Wildman–Crippen LogP) is 6.30. The van der Waals surface area contributed by atoms with E-state index in [0.717, 1.165) is 8.47 Å². The average Bonchev–Trinajstić information content (AvgIpc) is 2.91. The van der Waals surface area contributed by atoms with Gasteiger partial charge in [-0.2, -0.15) is 0 Å². The predicted molar refractivity (Wildman–Crippen MR) is 151 cm³/mol. The highest BCUT2D eigenvalue weighted by molar-refractivity contribution is 14.1. The molecule has 0 spiro atoms. The van der Waals surface area contributed by atoms with Gasteiger partial charge in [-0.25, -0.2) is 10.3 Å². The number of phenolic OH excluding ortho intramolecular Hbond substituents is 1. The second-order valence-corrected chi connectivity index (χ2v) is 9.93. The second-order valence-electron chi connectivity index (χ2n) is 7.81. The van der Waals surface area contributed by atoms with Crippen molar-refractivity contribution in [1.29, 1.82) is 0 Å². The number of rotatable bonds is 11. The SMILES string of the molecule is CSc1ccc(NC(=O)O[C@H](c2cc(I)ccc2O)[C@@H](CC/C=C/C(=O)NO)Oc2ccccc2)cc1. The van der Waals surface area contributed by atoms with Crippen LogP contribution in [0.5, 0.6) is 11.5 Å². The number of benzene rings is 3. The normalized spacial score (nSPS) is 12.5. The van der Waals surface area contributed by atoms with Gasteiger partial charge in [-0.05, 0) is 96.3 Å². The quantitative estimate of drug-likeness (QED) is 0.0644. The number of thioether (sulfide) groups is 1. The zero-order chi connectivity index (χ0) is 26.6. The molecule has 3 rings (SSSR count). The molecule has 0 aliphatic heterocycles. The molecule has 0 aromatic heterocycles. The van der Waals surface area contributed by atoms with E-state index >= 15 is 0 Å². The van der Waals surface area contributed by atoms with Crippen LogP contribution in [0.2, 0.25) is 0 Å². The highest BCUT2D eigenvalue weighted by atomic mass is 127. The molecule has 3 aromatic rings. The van der Waals surface area contributed by atoms with Crippen molar-refractivity contribution in [2.75, 3.05) is 11.6 Å². The third-order valence-electron chi connectivity index (χ3n) is 5.23. The minimum atomic E-state index is -0.986. The Hall–Kier alpha value is -3.22. The molecule has 0 aliphatic rings. The molecular weight excluding hydrogens is 607 g/mol. The monoisotopic (exact) mass is 634 g/mol. The lowest BCUT2D eigenvalue weighted by molar-refractivity contribution is -0.124. The van der Waals surface area contributed by atoms with Crippen LogP contribution in [0.15, 0.2) is 89.8 Å². The molecule has 0 radical (unpaired) electrons. The molecule has 2 amide bonds. The van der Waals surface area contributed by atoms with E-state index in [1.54, 1.807) is 59.7 Å². The Morgan fingerprint density at radius 1 is 1.08 bits per heavy atom. The molecule has 3 aromatic carbocycles. The van der Waals surface area contributed by atoms with Crippen molar-refractivity contribution < 1.29 is 29.4 Å². The summed E-state index contributed by atoms with van der Waals surface area (Å²) >= 11 is 3.71. The van der Waals surface area contributed by atoms with E-state index in [-0.39, 0.29) is 5.75 Å². The van der Waals surface area contributed by atoms with Gasteiger partial charge in [0.2, 0.25) is 0 Å². The first-order valence-corrected chi connectivity index (χ1v) is 13.6. The number of hydrogen-bond acceptors (Lipinski definition) is 7. The van der Waals surface area contributed by atoms with Crippen molar-refractivity contribution in [2.45, 2.75) is 29.9 Å². The van der Waals surface area contributed by atoms with Gasteiger partial charge in [-0.3, -0.25) is 15.3 Å². The van der Waals surface area contributed by atoms with Crippen molar-refractivity contribution in [3.8, 4) is 11.5 Å². The molecule has 0 aliphatic carbocycles. The van der Waals surface area contributed by atoms with E-state index in [2.05, 4.69) is 27.9 Å². The summed E-state index contributed by atoms with van der Waals surface area (Å²) in [6.07, 6.45) is 3.01. The average molecular weight is 634 g/mol. The fraction of sp³-hybridized carbons (Fsp3) is 0.185. The molecule has 2 atom stereocenters. The summed E-state index contributed by atoms with van der Waals surface area (Å²) in [7, 11) is 0. The topological polar surface area (TPSA) is 117 Å². The molecule has 4 N–H and O–H groups in total. The van der Waals surface area contributed by atoms with E-state index in [0.29, 0.717) is 29.8 Å². The fourth-order valence-corrected chi connectivity index (χ4v) is 4.39. The number of halogens is 1. The van der Waals surface area contributed by atoms with Crippen molar-refractivity contribution in [3.63, 3.8) is 0 Å². The standard InChI is InChI=1S/C27H27IN2O6S/c1-37-21-14-12-19(13-15-21)29-27(33)36-26(22-17-18(28)11-16-23(22)31)24(9-5-6-10-25(32)30-34)35-20-7-3-2-4-8-20/h2-4,6-8,10-17,24,26,31,34H,5,9H2,1H3,(H,29,33)(H,30,32)/b10-6+/t24-,26-/m1/s1. The van der Waals surface area contributed by atoms with Crippen LogP contribution < -0.4 is 15.5 Å². The van der Waals surface area contributed by atoms with Crippen molar-refractivity contribution in [1.82, 2.24) is 5.48 Å². The van der Waals surface area contributed by atoms with Gasteiger partial charge in [-0.1, -0.05) is 24.3 Å². The third kappa shape index (κ3) is 8.99. The molecule has 10 heteroatoms. The number of carbonyl (C=O) groups excluding carboxylic acids is 2. The van der Waals surface area contributed by atoms with E-state index < -0.39 is 24.2 Å². The van der Waals surface area contributed by atoms with Crippen LogP contribution in [0.1, 0.15) is 24.5 Å². The van der Waals surface area contributed by atoms with E-state index in [9.17, 15) is 14.7 Å². The Morgan fingerprint density at radius 3 is 2.49 bits per heavy atom. The Bertz CT molecular complexity index is 1210. The Morgan fingerprint density at radius 2 is 1.81 bits per heavy atom. The maximum Gasteiger partial charge on any atom is 0.412 e. The van der Waals surface area contributed by atoms with Gasteiger partial charge in [0, 0.05) is 25.8 Å². The van der Waals surface area contributed by atoms with Gasteiger partial charge in [0.25, 0.3) is 5.91 Å². The summed E-state index contributed by atoms with van der Waals surface area (Å²) < 4.78 is 13.0. The molecule has 0 unspecified atom stereocenters. The number of hydroxylamine groups is 1. The summed E-state index contributed by atoms with van der Waals surface area (Å²) in [6, 6.07) is 21.4. The maximum absolute atomic E-state index is 13.0. The van der Waals surface area contributed by atoms with E-state index in [1.165, 1.54) is 12.1 Å². The van der Waals surface area contributed by atoms with Gasteiger partial charge < -0.3 is 14.6 Å². The van der Waals surface area contributed by atoms with Gasteiger partial charge >= 0.3 is 6.09 Å². The smallest absolute Gasteiger partial charge is 0.412 e. The number of aromatic hydroxyl groups is 1. The van der Waals surface area contributed by atoms with Gasteiger partial charge in [-0.15, -0.1) is 11.8 Å². The number of phenols is 1. The number of para-hydroxylation sites is 1. The van der Waals surface area contributed by atoms with Crippen LogP contribution in [0.3, 0.4) is 0 Å². The first-order chi connectivity index (χ1) is 17.9. The number of ether oxygens (including phenoxy) is 2. The highest BCUT2D eigenvalue weighted by Crippen LogP contribution is 2.35. The minimum Gasteiger partial charge on any atom is -0.508 e. The van der Waals surface area contributed by atoms with E-state index in [1.807, 2.05) is 36.6 Å². The van der Waals surface area contributed by atoms with Gasteiger partial charge in [0.1, 0.15) is 17.6 Å². The van der Waals surface area contributed by atoms with Crippen LogP contribution in [-0.4, -0.2) is 34.7 Å². The molecule has 0 heterocycles. The van der Waals surface area contributed by atoms with Crippen molar-refractivity contribution >= 4 is 52.0 Å². The third-order valence-corrected chi connectivity index (χ3v) is 6.65. The molecule has 37 heavy (non-hydrogen) atoms. The summed E-state index contributed by atoms with van der Waals surface area (Å²) in [5, 5.41) is 22.1. The summed E-state index contributed by atoms with van der Waals surface area (Å²) in [6.45, 7) is 0. The Kier molecular flexibility index (Phi) is 11.1. The van der Waals surface area contributed by atoms with Gasteiger partial charge in [0.15, 0.2) is 6.10 Å². The lowest BCUT2D eigenvalue weighted by Crippen LogP contribution is -2.31. The Balaban J connectivity index is 1.90. The van der Waals surface area contributed by atoms with Crippen LogP contribution in [0, 0.1) is 3.57 Å². The number of allylic oxidation sites excluding steroid dienone is 1. The van der Waals surface area contributed by atoms with Crippen LogP contribution in [-0.2, 0) is 9.53 Å². The Labute approximate surface area is 233 Å². The zero-order valence-corrected chi connectivity index (χ0v) is 22.9. The highest BCUT2D eigenvalue weighted by Gasteiger charge is 2.31. The van der Waals surface area contributed by atoms with E-state index in [4.69, 9.17) is 14.7 Å². The van der Waals surface area contributed by atoms with Crippen molar-refractivity contribution in [3.05, 3.63) is 94.1 Å².